The van der Waals surface area contributed by atoms with Gasteiger partial charge in [-0.2, -0.15) is 13.2 Å². The number of hydrogen-bond acceptors (Lipinski definition) is 5. The van der Waals surface area contributed by atoms with Crippen LogP contribution in [-0.4, -0.2) is 90.7 Å². The molecule has 2 aliphatic rings. The van der Waals surface area contributed by atoms with Crippen molar-refractivity contribution in [2.45, 2.75) is 32.0 Å². The third-order valence-corrected chi connectivity index (χ3v) is 7.55. The molecule has 10 heteroatoms. The number of nitrogens with one attached hydrogen (secondary N) is 1. The van der Waals surface area contributed by atoms with Crippen molar-refractivity contribution in [1.29, 1.82) is 0 Å². The summed E-state index contributed by atoms with van der Waals surface area (Å²) < 4.78 is 38.7. The highest BCUT2D eigenvalue weighted by Crippen LogP contribution is 2.29. The van der Waals surface area contributed by atoms with Gasteiger partial charge in [0.15, 0.2) is 5.78 Å². The molecule has 0 aliphatic carbocycles. The Labute approximate surface area is 226 Å². The number of rotatable bonds is 9. The first-order chi connectivity index (χ1) is 18.6. The highest BCUT2D eigenvalue weighted by atomic mass is 19.4. The second-order valence-electron chi connectivity index (χ2n) is 10.5. The molecule has 2 heterocycles. The minimum absolute atomic E-state index is 0.0703. The Balaban J connectivity index is 1.16. The molecule has 1 unspecified atom stereocenters. The minimum Gasteiger partial charge on any atom is -0.345 e. The van der Waals surface area contributed by atoms with Crippen molar-refractivity contribution in [2.75, 3.05) is 52.4 Å². The molecular formula is C29H35F3N4O3. The highest BCUT2D eigenvalue weighted by molar-refractivity contribution is 5.97. The van der Waals surface area contributed by atoms with E-state index in [0.717, 1.165) is 51.3 Å². The van der Waals surface area contributed by atoms with E-state index in [1.807, 2.05) is 35.2 Å². The summed E-state index contributed by atoms with van der Waals surface area (Å²) in [6.07, 6.45) is -3.32. The number of amides is 2. The van der Waals surface area contributed by atoms with Crippen LogP contribution in [0.25, 0.3) is 0 Å². The van der Waals surface area contributed by atoms with Gasteiger partial charge in [-0.1, -0.05) is 24.3 Å². The summed E-state index contributed by atoms with van der Waals surface area (Å²) in [6.45, 7) is 7.59. The third kappa shape index (κ3) is 7.89. The molecule has 0 bridgehead atoms. The average molecular weight is 545 g/mol. The molecule has 7 nitrogen and oxygen atoms in total. The van der Waals surface area contributed by atoms with Gasteiger partial charge in [-0.25, -0.2) is 0 Å². The highest BCUT2D eigenvalue weighted by Gasteiger charge is 2.31. The predicted molar refractivity (Wildman–Crippen MR) is 141 cm³/mol. The van der Waals surface area contributed by atoms with Crippen molar-refractivity contribution in [3.63, 3.8) is 0 Å². The molecule has 2 aromatic rings. The summed E-state index contributed by atoms with van der Waals surface area (Å²) >= 11 is 0. The van der Waals surface area contributed by atoms with Crippen LogP contribution in [0.1, 0.15) is 46.0 Å². The average Bonchev–Trinajstić information content (AvgIpc) is 3.37. The van der Waals surface area contributed by atoms with E-state index >= 15 is 0 Å². The van der Waals surface area contributed by atoms with E-state index in [1.165, 1.54) is 12.1 Å². The van der Waals surface area contributed by atoms with Crippen LogP contribution in [0.4, 0.5) is 13.2 Å². The lowest BCUT2D eigenvalue weighted by atomic mass is 10.0. The number of piperazine rings is 1. The van der Waals surface area contributed by atoms with E-state index in [2.05, 4.69) is 22.0 Å². The van der Waals surface area contributed by atoms with E-state index in [1.54, 1.807) is 0 Å². The predicted octanol–water partition coefficient (Wildman–Crippen LogP) is 3.56. The lowest BCUT2D eigenvalue weighted by Gasteiger charge is -2.39. The number of hydrogen-bond donors (Lipinski definition) is 1. The van der Waals surface area contributed by atoms with Crippen LogP contribution in [0.3, 0.4) is 0 Å². The maximum absolute atomic E-state index is 12.9. The van der Waals surface area contributed by atoms with E-state index in [0.29, 0.717) is 31.1 Å². The smallest absolute Gasteiger partial charge is 0.345 e. The number of nitrogens with zero attached hydrogens (tertiary/aromatic N) is 3. The molecule has 2 saturated heterocycles. The summed E-state index contributed by atoms with van der Waals surface area (Å²) in [4.78, 5) is 44.1. The second kappa shape index (κ2) is 12.7. The number of halogens is 3. The molecule has 2 aromatic carbocycles. The quantitative estimate of drug-likeness (QED) is 0.523. The molecule has 0 aromatic heterocycles. The number of benzene rings is 2. The topological polar surface area (TPSA) is 73.0 Å². The zero-order valence-electron chi connectivity index (χ0n) is 22.1. The number of Topliss-reactive ketones (excluding diaryl/α,β-unsaturated/α-hetero) is 1. The molecule has 2 atom stereocenters. The van der Waals surface area contributed by atoms with Crippen LogP contribution in [0.15, 0.2) is 54.6 Å². The molecule has 0 saturated carbocycles. The van der Waals surface area contributed by atoms with Gasteiger partial charge in [0, 0.05) is 62.9 Å². The Morgan fingerprint density at radius 1 is 0.949 bits per heavy atom. The van der Waals surface area contributed by atoms with Crippen LogP contribution in [0.2, 0.25) is 0 Å². The molecule has 2 amide bonds. The normalized spacial score (nSPS) is 19.6. The Bertz CT molecular complexity index is 1150. The lowest BCUT2D eigenvalue weighted by molar-refractivity contribution is -0.137. The van der Waals surface area contributed by atoms with Crippen LogP contribution in [-0.2, 0) is 11.0 Å². The molecule has 0 radical (unpaired) electrons. The molecule has 210 valence electrons. The van der Waals surface area contributed by atoms with Crippen molar-refractivity contribution in [3.05, 3.63) is 71.3 Å². The zero-order valence-corrected chi connectivity index (χ0v) is 22.1. The first kappa shape index (κ1) is 28.8. The number of carbonyl (C=O) groups excluding carboxylic acids is 3. The van der Waals surface area contributed by atoms with Crippen LogP contribution < -0.4 is 5.32 Å². The maximum Gasteiger partial charge on any atom is 0.416 e. The van der Waals surface area contributed by atoms with Gasteiger partial charge in [-0.15, -0.1) is 0 Å². The summed E-state index contributed by atoms with van der Waals surface area (Å²) in [5, 5.41) is 2.46. The standard InChI is InChI=1S/C29H35F3N4O3/c1-21(35-12-14-36(15-13-35)28(39)23-6-3-2-4-7-23)19-34-11-10-22(20-34)16-26(37)18-33-27(38)24-8-5-9-25(17-24)29(30,31)32/h2-9,17,21-22H,10-16,18-20H2,1H3,(H,33,38)/t21?,22-/m0/s1. The van der Waals surface area contributed by atoms with Gasteiger partial charge >= 0.3 is 6.18 Å². The molecule has 4 rings (SSSR count). The fourth-order valence-corrected chi connectivity index (χ4v) is 5.38. The number of carbonyl (C=O) groups is 3. The fraction of sp³-hybridized carbons (Fsp3) is 0.483. The largest absolute Gasteiger partial charge is 0.416 e. The summed E-state index contributed by atoms with van der Waals surface area (Å²) in [5.41, 5.74) is -0.305. The van der Waals surface area contributed by atoms with E-state index < -0.39 is 17.6 Å². The van der Waals surface area contributed by atoms with Gasteiger partial charge in [0.2, 0.25) is 0 Å². The molecule has 0 spiro atoms. The fourth-order valence-electron chi connectivity index (χ4n) is 5.38. The molecule has 2 aliphatic heterocycles. The summed E-state index contributed by atoms with van der Waals surface area (Å²) in [6, 6.07) is 13.8. The first-order valence-corrected chi connectivity index (χ1v) is 13.4. The first-order valence-electron chi connectivity index (χ1n) is 13.4. The second-order valence-corrected chi connectivity index (χ2v) is 10.5. The SMILES string of the molecule is CC(CN1CC[C@@H](CC(=O)CNC(=O)c2cccc(C(F)(F)F)c2)C1)N1CCN(C(=O)c2ccccc2)CC1. The van der Waals surface area contributed by atoms with Gasteiger partial charge in [0.25, 0.3) is 11.8 Å². The van der Waals surface area contributed by atoms with E-state index in [4.69, 9.17) is 0 Å². The number of likely N-dealkylation sites (tertiary alicyclic amines) is 1. The van der Waals surface area contributed by atoms with Crippen molar-refractivity contribution < 1.29 is 27.6 Å². The maximum atomic E-state index is 12.9. The van der Waals surface area contributed by atoms with Gasteiger partial charge in [-0.05, 0) is 56.1 Å². The molecule has 39 heavy (non-hydrogen) atoms. The van der Waals surface area contributed by atoms with Gasteiger partial charge in [0.1, 0.15) is 0 Å². The van der Waals surface area contributed by atoms with Crippen LogP contribution >= 0.6 is 0 Å². The van der Waals surface area contributed by atoms with Crippen molar-refractivity contribution >= 4 is 17.6 Å². The summed E-state index contributed by atoms with van der Waals surface area (Å²) in [7, 11) is 0. The van der Waals surface area contributed by atoms with E-state index in [-0.39, 0.29) is 29.7 Å². The molecule has 1 N–H and O–H groups in total. The Kier molecular flexibility index (Phi) is 9.40. The monoisotopic (exact) mass is 544 g/mol. The lowest BCUT2D eigenvalue weighted by Crippen LogP contribution is -2.53. The molecule has 2 fully saturated rings. The number of ketones is 1. The van der Waals surface area contributed by atoms with Gasteiger partial charge in [-0.3, -0.25) is 19.3 Å². The Morgan fingerprint density at radius 2 is 1.64 bits per heavy atom. The Morgan fingerprint density at radius 3 is 2.33 bits per heavy atom. The van der Waals surface area contributed by atoms with Crippen LogP contribution in [0.5, 0.6) is 0 Å². The van der Waals surface area contributed by atoms with Gasteiger partial charge < -0.3 is 15.1 Å². The van der Waals surface area contributed by atoms with Gasteiger partial charge in [0.05, 0.1) is 12.1 Å². The van der Waals surface area contributed by atoms with Crippen molar-refractivity contribution in [2.24, 2.45) is 5.92 Å². The van der Waals surface area contributed by atoms with Crippen molar-refractivity contribution in [1.82, 2.24) is 20.0 Å². The minimum atomic E-state index is -4.53. The summed E-state index contributed by atoms with van der Waals surface area (Å²) in [5.74, 6) is -0.562. The third-order valence-electron chi connectivity index (χ3n) is 7.55. The van der Waals surface area contributed by atoms with Crippen molar-refractivity contribution in [3.8, 4) is 0 Å². The van der Waals surface area contributed by atoms with E-state index in [9.17, 15) is 27.6 Å². The molecular weight excluding hydrogens is 509 g/mol. The zero-order chi connectivity index (χ0) is 28.0. The van der Waals surface area contributed by atoms with Crippen LogP contribution in [0, 0.1) is 5.92 Å². The number of alkyl halides is 3. The Hall–Kier alpha value is -3.24.